The molecule has 4 nitrogen and oxygen atoms in total. The van der Waals surface area contributed by atoms with Crippen molar-refractivity contribution in [1.29, 1.82) is 0 Å². The van der Waals surface area contributed by atoms with Crippen molar-refractivity contribution in [1.82, 2.24) is 0 Å². The number of aliphatic hydroxyl groups is 1. The van der Waals surface area contributed by atoms with Crippen LogP contribution in [0, 0.1) is 0 Å². The molecule has 0 aromatic rings. The van der Waals surface area contributed by atoms with Gasteiger partial charge in [0.1, 0.15) is 6.61 Å². The molecular formula is C10H18O4. The molecule has 0 saturated heterocycles. The maximum absolute atomic E-state index is 11.2. The van der Waals surface area contributed by atoms with Gasteiger partial charge in [-0.25, -0.2) is 4.79 Å². The van der Waals surface area contributed by atoms with Crippen molar-refractivity contribution in [3.8, 4) is 0 Å². The monoisotopic (exact) mass is 202 g/mol. The Morgan fingerprint density at radius 2 is 2.14 bits per heavy atom. The quantitative estimate of drug-likeness (QED) is 0.378. The Morgan fingerprint density at radius 3 is 2.64 bits per heavy atom. The standard InChI is InChI=1S/C10H18O4/c1-4-5-9(11)8(2)10(12)14-7-6-13-3/h9,11H,2,4-7H2,1,3H3. The zero-order chi connectivity index (χ0) is 11.0. The van der Waals surface area contributed by atoms with Crippen LogP contribution in [-0.4, -0.2) is 37.5 Å². The van der Waals surface area contributed by atoms with Gasteiger partial charge in [0.2, 0.25) is 0 Å². The number of rotatable bonds is 7. The van der Waals surface area contributed by atoms with E-state index in [4.69, 9.17) is 9.47 Å². The lowest BCUT2D eigenvalue weighted by atomic mass is 10.1. The lowest BCUT2D eigenvalue weighted by molar-refractivity contribution is -0.141. The number of hydrogen-bond donors (Lipinski definition) is 1. The van der Waals surface area contributed by atoms with Gasteiger partial charge < -0.3 is 14.6 Å². The summed E-state index contributed by atoms with van der Waals surface area (Å²) < 4.78 is 9.50. The minimum absolute atomic E-state index is 0.114. The average molecular weight is 202 g/mol. The maximum Gasteiger partial charge on any atom is 0.336 e. The predicted molar refractivity (Wildman–Crippen MR) is 52.9 cm³/mol. The average Bonchev–Trinajstić information content (AvgIpc) is 2.17. The summed E-state index contributed by atoms with van der Waals surface area (Å²) in [6.45, 7) is 5.95. The van der Waals surface area contributed by atoms with Gasteiger partial charge in [-0.1, -0.05) is 19.9 Å². The van der Waals surface area contributed by atoms with E-state index in [0.29, 0.717) is 13.0 Å². The highest BCUT2D eigenvalue weighted by molar-refractivity contribution is 5.88. The summed E-state index contributed by atoms with van der Waals surface area (Å²) in [6.07, 6.45) is 0.527. The van der Waals surface area contributed by atoms with Crippen molar-refractivity contribution in [2.24, 2.45) is 0 Å². The number of aliphatic hydroxyl groups excluding tert-OH is 1. The van der Waals surface area contributed by atoms with E-state index in [-0.39, 0.29) is 12.2 Å². The number of ether oxygens (including phenoxy) is 2. The summed E-state index contributed by atoms with van der Waals surface area (Å²) in [5.41, 5.74) is 0.114. The van der Waals surface area contributed by atoms with Crippen LogP contribution in [0.1, 0.15) is 19.8 Å². The van der Waals surface area contributed by atoms with E-state index < -0.39 is 12.1 Å². The fourth-order valence-corrected chi connectivity index (χ4v) is 0.894. The Kier molecular flexibility index (Phi) is 7.06. The third-order valence-electron chi connectivity index (χ3n) is 1.75. The summed E-state index contributed by atoms with van der Waals surface area (Å²) in [7, 11) is 1.52. The van der Waals surface area contributed by atoms with Crippen molar-refractivity contribution < 1.29 is 19.4 Å². The van der Waals surface area contributed by atoms with E-state index in [1.54, 1.807) is 0 Å². The van der Waals surface area contributed by atoms with Crippen LogP contribution in [0.3, 0.4) is 0 Å². The van der Waals surface area contributed by atoms with Gasteiger partial charge in [0.05, 0.1) is 18.3 Å². The first kappa shape index (κ1) is 13.1. The van der Waals surface area contributed by atoms with Crippen molar-refractivity contribution in [3.05, 3.63) is 12.2 Å². The largest absolute Gasteiger partial charge is 0.460 e. The van der Waals surface area contributed by atoms with E-state index in [1.807, 2.05) is 6.92 Å². The van der Waals surface area contributed by atoms with Crippen molar-refractivity contribution >= 4 is 5.97 Å². The van der Waals surface area contributed by atoms with Gasteiger partial charge in [-0.15, -0.1) is 0 Å². The second-order valence-corrected chi connectivity index (χ2v) is 2.96. The molecule has 0 saturated carbocycles. The van der Waals surface area contributed by atoms with Crippen LogP contribution in [0.5, 0.6) is 0 Å². The van der Waals surface area contributed by atoms with Crippen LogP contribution in [0.15, 0.2) is 12.2 Å². The maximum atomic E-state index is 11.2. The molecule has 0 heterocycles. The molecule has 0 fully saturated rings. The lowest BCUT2D eigenvalue weighted by Gasteiger charge is -2.11. The van der Waals surface area contributed by atoms with Crippen LogP contribution in [0.2, 0.25) is 0 Å². The smallest absolute Gasteiger partial charge is 0.336 e. The summed E-state index contributed by atoms with van der Waals surface area (Å²) in [4.78, 5) is 11.2. The van der Waals surface area contributed by atoms with E-state index in [0.717, 1.165) is 6.42 Å². The van der Waals surface area contributed by atoms with Crippen molar-refractivity contribution in [2.75, 3.05) is 20.3 Å². The number of esters is 1. The molecule has 1 unspecified atom stereocenters. The molecule has 14 heavy (non-hydrogen) atoms. The van der Waals surface area contributed by atoms with Crippen molar-refractivity contribution in [2.45, 2.75) is 25.9 Å². The molecule has 82 valence electrons. The third kappa shape index (κ3) is 4.99. The summed E-state index contributed by atoms with van der Waals surface area (Å²) in [5.74, 6) is -0.553. The molecule has 0 radical (unpaired) electrons. The van der Waals surface area contributed by atoms with Crippen LogP contribution < -0.4 is 0 Å². The number of carbonyl (C=O) groups excluding carboxylic acids is 1. The van der Waals surface area contributed by atoms with Gasteiger partial charge in [0.15, 0.2) is 0 Å². The summed E-state index contributed by atoms with van der Waals surface area (Å²) in [5, 5.41) is 9.41. The Balaban J connectivity index is 3.81. The molecule has 0 aliphatic carbocycles. The molecule has 0 aromatic heterocycles. The number of carbonyl (C=O) groups is 1. The topological polar surface area (TPSA) is 55.8 Å². The van der Waals surface area contributed by atoms with Gasteiger partial charge >= 0.3 is 5.97 Å². The molecule has 0 spiro atoms. The van der Waals surface area contributed by atoms with Gasteiger partial charge in [-0.2, -0.15) is 0 Å². The molecule has 0 aliphatic rings. The minimum atomic E-state index is -0.796. The van der Waals surface area contributed by atoms with Crippen LogP contribution in [0.25, 0.3) is 0 Å². The second kappa shape index (κ2) is 7.53. The fourth-order valence-electron chi connectivity index (χ4n) is 0.894. The molecule has 0 rings (SSSR count). The summed E-state index contributed by atoms with van der Waals surface area (Å²) in [6, 6.07) is 0. The minimum Gasteiger partial charge on any atom is -0.460 e. The molecule has 4 heteroatoms. The van der Waals surface area contributed by atoms with Crippen molar-refractivity contribution in [3.63, 3.8) is 0 Å². The number of hydrogen-bond acceptors (Lipinski definition) is 4. The first-order valence-electron chi connectivity index (χ1n) is 4.66. The molecule has 0 aromatic carbocycles. The number of methoxy groups -OCH3 is 1. The van der Waals surface area contributed by atoms with Crippen LogP contribution in [0.4, 0.5) is 0 Å². The normalized spacial score (nSPS) is 12.2. The molecule has 1 atom stereocenters. The molecule has 0 bridgehead atoms. The fraction of sp³-hybridized carbons (Fsp3) is 0.700. The molecule has 1 N–H and O–H groups in total. The van der Waals surface area contributed by atoms with Crippen LogP contribution >= 0.6 is 0 Å². The molecular weight excluding hydrogens is 184 g/mol. The molecule has 0 amide bonds. The van der Waals surface area contributed by atoms with E-state index in [2.05, 4.69) is 6.58 Å². The Bertz CT molecular complexity index is 189. The Morgan fingerprint density at radius 1 is 1.50 bits per heavy atom. The van der Waals surface area contributed by atoms with E-state index in [1.165, 1.54) is 7.11 Å². The van der Waals surface area contributed by atoms with Gasteiger partial charge in [-0.05, 0) is 6.42 Å². The second-order valence-electron chi connectivity index (χ2n) is 2.96. The zero-order valence-corrected chi connectivity index (χ0v) is 8.78. The highest BCUT2D eigenvalue weighted by Crippen LogP contribution is 2.08. The van der Waals surface area contributed by atoms with Gasteiger partial charge in [0, 0.05) is 7.11 Å². The van der Waals surface area contributed by atoms with E-state index in [9.17, 15) is 9.90 Å². The van der Waals surface area contributed by atoms with Gasteiger partial charge in [-0.3, -0.25) is 0 Å². The molecule has 0 aliphatic heterocycles. The first-order valence-corrected chi connectivity index (χ1v) is 4.66. The highest BCUT2D eigenvalue weighted by atomic mass is 16.6. The lowest BCUT2D eigenvalue weighted by Crippen LogP contribution is -2.20. The Labute approximate surface area is 84.5 Å². The summed E-state index contributed by atoms with van der Waals surface area (Å²) >= 11 is 0. The first-order chi connectivity index (χ1) is 6.63. The van der Waals surface area contributed by atoms with Crippen LogP contribution in [-0.2, 0) is 14.3 Å². The highest BCUT2D eigenvalue weighted by Gasteiger charge is 2.16. The van der Waals surface area contributed by atoms with Gasteiger partial charge in [0.25, 0.3) is 0 Å². The third-order valence-corrected chi connectivity index (χ3v) is 1.75. The zero-order valence-electron chi connectivity index (χ0n) is 8.78. The predicted octanol–water partition coefficient (Wildman–Crippen LogP) is 0.893. The Hall–Kier alpha value is -0.870. The van der Waals surface area contributed by atoms with E-state index >= 15 is 0 Å². The SMILES string of the molecule is C=C(C(=O)OCCOC)C(O)CCC.